The number of hydrogen-bond acceptors (Lipinski definition) is 4. The monoisotopic (exact) mass is 406 g/mol. The normalized spacial score (nSPS) is 12.1. The summed E-state index contributed by atoms with van der Waals surface area (Å²) in [4.78, 5) is 22.4. The molecular formula is C10H12Cl6O4. The van der Waals surface area contributed by atoms with Crippen molar-refractivity contribution >= 4 is 81.5 Å². The van der Waals surface area contributed by atoms with Crippen LogP contribution >= 0.6 is 69.6 Å². The van der Waals surface area contributed by atoms with Crippen LogP contribution in [0.2, 0.25) is 0 Å². The van der Waals surface area contributed by atoms with E-state index in [2.05, 4.69) is 0 Å². The van der Waals surface area contributed by atoms with E-state index in [4.69, 9.17) is 79.1 Å². The Balaban J connectivity index is 3.61. The Morgan fingerprint density at radius 3 is 1.25 bits per heavy atom. The van der Waals surface area contributed by atoms with Gasteiger partial charge in [-0.15, -0.1) is 0 Å². The van der Waals surface area contributed by atoms with Crippen LogP contribution in [0.3, 0.4) is 0 Å². The predicted octanol–water partition coefficient (Wildman–Crippen LogP) is 4.37. The van der Waals surface area contributed by atoms with Gasteiger partial charge in [-0.1, -0.05) is 69.6 Å². The molecule has 0 bridgehead atoms. The van der Waals surface area contributed by atoms with Gasteiger partial charge in [-0.3, -0.25) is 9.59 Å². The second kappa shape index (κ2) is 9.65. The number of halogens is 6. The van der Waals surface area contributed by atoms with Gasteiger partial charge in [0.2, 0.25) is 7.59 Å². The van der Waals surface area contributed by atoms with Crippen LogP contribution in [0.15, 0.2) is 0 Å². The number of carbonyl (C=O) groups is 2. The standard InChI is InChI=1S/C10H12Cl6O4/c11-9(12,13)5-19-7(17)3-1-2-4-8(18)20-6-10(14,15)16/h1-6H2. The zero-order valence-corrected chi connectivity index (χ0v) is 14.7. The number of hydrogen-bond donors (Lipinski definition) is 0. The van der Waals surface area contributed by atoms with Crippen LogP contribution in [0.4, 0.5) is 0 Å². The maximum Gasteiger partial charge on any atom is 0.305 e. The first-order chi connectivity index (χ1) is 8.99. The molecule has 118 valence electrons. The molecule has 10 heteroatoms. The molecule has 0 spiro atoms. The summed E-state index contributed by atoms with van der Waals surface area (Å²) in [5.74, 6) is -1.02. The van der Waals surface area contributed by atoms with E-state index in [-0.39, 0.29) is 26.1 Å². The number of ether oxygens (including phenoxy) is 2. The number of alkyl halides is 6. The molecule has 0 amide bonds. The topological polar surface area (TPSA) is 52.6 Å². The summed E-state index contributed by atoms with van der Waals surface area (Å²) >= 11 is 32.5. The van der Waals surface area contributed by atoms with Gasteiger partial charge in [-0.05, 0) is 12.8 Å². The lowest BCUT2D eigenvalue weighted by atomic mass is 10.2. The number of carbonyl (C=O) groups excluding carboxylic acids is 2. The Labute approximate surface area is 146 Å². The predicted molar refractivity (Wildman–Crippen MR) is 81.0 cm³/mol. The SMILES string of the molecule is O=C(CCCCC(=O)OCC(Cl)(Cl)Cl)OCC(Cl)(Cl)Cl. The molecule has 0 N–H and O–H groups in total. The summed E-state index contributed by atoms with van der Waals surface area (Å²) in [7, 11) is 0. The third-order valence-electron chi connectivity index (χ3n) is 1.81. The van der Waals surface area contributed by atoms with E-state index in [0.717, 1.165) is 0 Å². The van der Waals surface area contributed by atoms with Crippen molar-refractivity contribution in [3.63, 3.8) is 0 Å². The molecule has 0 atom stereocenters. The lowest BCUT2D eigenvalue weighted by Gasteiger charge is -2.11. The quantitative estimate of drug-likeness (QED) is 0.356. The molecular weight excluding hydrogens is 397 g/mol. The highest BCUT2D eigenvalue weighted by Crippen LogP contribution is 2.26. The average Bonchev–Trinajstić information content (AvgIpc) is 2.27. The number of esters is 2. The van der Waals surface area contributed by atoms with E-state index in [1.54, 1.807) is 0 Å². The first kappa shape index (κ1) is 20.7. The first-order valence-electron chi connectivity index (χ1n) is 5.44. The van der Waals surface area contributed by atoms with E-state index in [0.29, 0.717) is 12.8 Å². The summed E-state index contributed by atoms with van der Waals surface area (Å²) in [5, 5.41) is 0. The van der Waals surface area contributed by atoms with Gasteiger partial charge in [0, 0.05) is 12.8 Å². The molecule has 4 nitrogen and oxygen atoms in total. The Hall–Kier alpha value is 0.680. The molecule has 0 unspecified atom stereocenters. The van der Waals surface area contributed by atoms with Crippen molar-refractivity contribution in [3.05, 3.63) is 0 Å². The summed E-state index contributed by atoms with van der Waals surface area (Å²) in [6.45, 7) is -0.635. The van der Waals surface area contributed by atoms with E-state index in [1.165, 1.54) is 0 Å². The van der Waals surface area contributed by atoms with E-state index in [1.807, 2.05) is 0 Å². The molecule has 0 radical (unpaired) electrons. The number of unbranched alkanes of at least 4 members (excludes halogenated alkanes) is 1. The molecule has 20 heavy (non-hydrogen) atoms. The smallest absolute Gasteiger partial charge is 0.305 e. The maximum atomic E-state index is 11.2. The summed E-state index contributed by atoms with van der Waals surface area (Å²) in [5.41, 5.74) is 0. The lowest BCUT2D eigenvalue weighted by molar-refractivity contribution is -0.145. The van der Waals surface area contributed by atoms with Crippen molar-refractivity contribution in [1.82, 2.24) is 0 Å². The Morgan fingerprint density at radius 2 is 1.00 bits per heavy atom. The van der Waals surface area contributed by atoms with E-state index < -0.39 is 19.5 Å². The van der Waals surface area contributed by atoms with E-state index in [9.17, 15) is 9.59 Å². The zero-order chi connectivity index (χ0) is 15.8. The fraction of sp³-hybridized carbons (Fsp3) is 0.800. The minimum atomic E-state index is -1.63. The van der Waals surface area contributed by atoms with Crippen molar-refractivity contribution < 1.29 is 19.1 Å². The van der Waals surface area contributed by atoms with Gasteiger partial charge in [0.25, 0.3) is 0 Å². The van der Waals surface area contributed by atoms with Crippen molar-refractivity contribution in [2.75, 3.05) is 13.2 Å². The average molecular weight is 409 g/mol. The maximum absolute atomic E-state index is 11.2. The van der Waals surface area contributed by atoms with Crippen LogP contribution in [-0.4, -0.2) is 32.7 Å². The van der Waals surface area contributed by atoms with Gasteiger partial charge in [-0.25, -0.2) is 0 Å². The highest BCUT2D eigenvalue weighted by atomic mass is 35.6. The summed E-state index contributed by atoms with van der Waals surface area (Å²) < 4.78 is 6.15. The molecule has 0 aliphatic heterocycles. The Kier molecular flexibility index (Phi) is 9.98. The Morgan fingerprint density at radius 1 is 0.700 bits per heavy atom. The van der Waals surface area contributed by atoms with Gasteiger partial charge in [0.05, 0.1) is 0 Å². The molecule has 0 heterocycles. The second-order valence-electron chi connectivity index (χ2n) is 3.76. The van der Waals surface area contributed by atoms with Gasteiger partial charge >= 0.3 is 11.9 Å². The van der Waals surface area contributed by atoms with Gasteiger partial charge in [0.1, 0.15) is 13.2 Å². The molecule has 0 fully saturated rings. The molecule has 0 saturated carbocycles. The molecule has 0 saturated heterocycles. The third-order valence-corrected chi connectivity index (χ3v) is 2.46. The second-order valence-corrected chi connectivity index (χ2v) is 8.79. The minimum Gasteiger partial charge on any atom is -0.461 e. The zero-order valence-electron chi connectivity index (χ0n) is 10.1. The highest BCUT2D eigenvalue weighted by molar-refractivity contribution is 6.68. The first-order valence-corrected chi connectivity index (χ1v) is 7.71. The highest BCUT2D eigenvalue weighted by Gasteiger charge is 2.23. The van der Waals surface area contributed by atoms with Crippen molar-refractivity contribution in [2.45, 2.75) is 33.3 Å². The minimum absolute atomic E-state index is 0.110. The molecule has 0 aromatic rings. The van der Waals surface area contributed by atoms with Gasteiger partial charge < -0.3 is 9.47 Å². The molecule has 0 rings (SSSR count). The van der Waals surface area contributed by atoms with Gasteiger partial charge in [0.15, 0.2) is 0 Å². The van der Waals surface area contributed by atoms with Crippen LogP contribution in [0.1, 0.15) is 25.7 Å². The fourth-order valence-electron chi connectivity index (χ4n) is 1.01. The fourth-order valence-corrected chi connectivity index (χ4v) is 1.33. The molecule has 0 aliphatic carbocycles. The largest absolute Gasteiger partial charge is 0.461 e. The molecule has 0 aromatic heterocycles. The molecule has 0 aromatic carbocycles. The van der Waals surface area contributed by atoms with Crippen molar-refractivity contribution in [3.8, 4) is 0 Å². The number of rotatable bonds is 7. The summed E-state index contributed by atoms with van der Waals surface area (Å²) in [6, 6.07) is 0. The van der Waals surface area contributed by atoms with Crippen LogP contribution in [-0.2, 0) is 19.1 Å². The third kappa shape index (κ3) is 15.1. The van der Waals surface area contributed by atoms with Crippen molar-refractivity contribution in [1.29, 1.82) is 0 Å². The van der Waals surface area contributed by atoms with Crippen molar-refractivity contribution in [2.24, 2.45) is 0 Å². The van der Waals surface area contributed by atoms with Crippen LogP contribution in [0.25, 0.3) is 0 Å². The lowest BCUT2D eigenvalue weighted by Crippen LogP contribution is -2.18. The summed E-state index contributed by atoms with van der Waals surface area (Å²) in [6.07, 6.45) is 1.08. The van der Waals surface area contributed by atoms with Crippen LogP contribution in [0, 0.1) is 0 Å². The van der Waals surface area contributed by atoms with Crippen LogP contribution < -0.4 is 0 Å². The molecule has 0 aliphatic rings. The van der Waals surface area contributed by atoms with E-state index >= 15 is 0 Å². The van der Waals surface area contributed by atoms with Gasteiger partial charge in [-0.2, -0.15) is 0 Å². The Bertz CT molecular complexity index is 291. The van der Waals surface area contributed by atoms with Crippen LogP contribution in [0.5, 0.6) is 0 Å².